The number of carbonyl (C=O) groups excluding carboxylic acids is 1. The van der Waals surface area contributed by atoms with E-state index in [9.17, 15) is 18.0 Å². The number of hydrogen-bond acceptors (Lipinski definition) is 2. The molecule has 1 aromatic carbocycles. The third-order valence-electron chi connectivity index (χ3n) is 2.12. The highest BCUT2D eigenvalue weighted by Crippen LogP contribution is 2.14. The molecule has 0 radical (unpaired) electrons. The molecule has 1 unspecified atom stereocenters. The van der Waals surface area contributed by atoms with Crippen molar-refractivity contribution in [2.24, 2.45) is 0 Å². The number of amides is 1. The summed E-state index contributed by atoms with van der Waals surface area (Å²) in [5.41, 5.74) is -0.845. The molecule has 0 aliphatic carbocycles. The molecule has 0 saturated heterocycles. The van der Waals surface area contributed by atoms with E-state index in [0.717, 1.165) is 0 Å². The van der Waals surface area contributed by atoms with Crippen LogP contribution in [0, 0.1) is 17.5 Å². The summed E-state index contributed by atoms with van der Waals surface area (Å²) in [5, 5.41) is 2.29. The molecular formula is C11H11ClF3NO2. The lowest BCUT2D eigenvalue weighted by Crippen LogP contribution is -2.40. The quantitative estimate of drug-likeness (QED) is 0.839. The van der Waals surface area contributed by atoms with E-state index < -0.39 is 35.0 Å². The van der Waals surface area contributed by atoms with Crippen molar-refractivity contribution in [3.63, 3.8) is 0 Å². The van der Waals surface area contributed by atoms with Crippen LogP contribution in [0.2, 0.25) is 0 Å². The lowest BCUT2D eigenvalue weighted by molar-refractivity contribution is 0.0898. The van der Waals surface area contributed by atoms with Gasteiger partial charge in [0.25, 0.3) is 5.91 Å². The van der Waals surface area contributed by atoms with Gasteiger partial charge in [0.1, 0.15) is 23.0 Å². The molecule has 0 aliphatic heterocycles. The molecule has 0 fully saturated rings. The van der Waals surface area contributed by atoms with Gasteiger partial charge in [0.15, 0.2) is 0 Å². The van der Waals surface area contributed by atoms with E-state index >= 15 is 0 Å². The Balaban J connectivity index is 2.90. The molecule has 3 nitrogen and oxygen atoms in total. The van der Waals surface area contributed by atoms with Gasteiger partial charge in [-0.1, -0.05) is 0 Å². The fourth-order valence-corrected chi connectivity index (χ4v) is 1.51. The van der Waals surface area contributed by atoms with Crippen LogP contribution in [0.4, 0.5) is 13.2 Å². The summed E-state index contributed by atoms with van der Waals surface area (Å²) >= 11 is 5.54. The Hall–Kier alpha value is -1.27. The first-order valence-electron chi connectivity index (χ1n) is 5.00. The highest BCUT2D eigenvalue weighted by atomic mass is 35.5. The molecule has 0 aliphatic rings. The predicted molar refractivity (Wildman–Crippen MR) is 60.2 cm³/mol. The van der Waals surface area contributed by atoms with E-state index in [1.54, 1.807) is 0 Å². The second-order valence-corrected chi connectivity index (χ2v) is 3.83. The Morgan fingerprint density at radius 1 is 1.39 bits per heavy atom. The van der Waals surface area contributed by atoms with E-state index in [-0.39, 0.29) is 12.5 Å². The van der Waals surface area contributed by atoms with E-state index in [4.69, 9.17) is 16.3 Å². The van der Waals surface area contributed by atoms with Crippen LogP contribution >= 0.6 is 11.6 Å². The minimum absolute atomic E-state index is 0.0179. The van der Waals surface area contributed by atoms with Gasteiger partial charge in [-0.05, 0) is 0 Å². The zero-order valence-electron chi connectivity index (χ0n) is 9.47. The number of benzene rings is 1. The first-order chi connectivity index (χ1) is 8.49. The number of halogens is 4. The largest absolute Gasteiger partial charge is 0.383 e. The number of alkyl halides is 1. The summed E-state index contributed by atoms with van der Waals surface area (Å²) in [6, 6.07) is 0.279. The molecule has 0 saturated carbocycles. The van der Waals surface area contributed by atoms with Crippen LogP contribution in [0.1, 0.15) is 10.4 Å². The molecule has 18 heavy (non-hydrogen) atoms. The second kappa shape index (κ2) is 6.61. The number of ether oxygens (including phenoxy) is 1. The van der Waals surface area contributed by atoms with Gasteiger partial charge >= 0.3 is 0 Å². The molecule has 1 aromatic rings. The van der Waals surface area contributed by atoms with Gasteiger partial charge in [-0.25, -0.2) is 13.2 Å². The lowest BCUT2D eigenvalue weighted by Gasteiger charge is -2.15. The summed E-state index contributed by atoms with van der Waals surface area (Å²) < 4.78 is 44.0. The smallest absolute Gasteiger partial charge is 0.257 e. The molecule has 0 bridgehead atoms. The highest BCUT2D eigenvalue weighted by Gasteiger charge is 2.21. The summed E-state index contributed by atoms with van der Waals surface area (Å²) in [6.45, 7) is 0.0969. The van der Waals surface area contributed by atoms with Crippen LogP contribution in [-0.2, 0) is 4.74 Å². The van der Waals surface area contributed by atoms with Crippen LogP contribution in [0.15, 0.2) is 12.1 Å². The molecule has 1 amide bonds. The maximum Gasteiger partial charge on any atom is 0.257 e. The van der Waals surface area contributed by atoms with Crippen LogP contribution in [-0.4, -0.2) is 31.5 Å². The second-order valence-electron chi connectivity index (χ2n) is 3.52. The van der Waals surface area contributed by atoms with Crippen molar-refractivity contribution >= 4 is 17.5 Å². The minimum atomic E-state index is -1.27. The van der Waals surface area contributed by atoms with Crippen LogP contribution in [0.5, 0.6) is 0 Å². The zero-order chi connectivity index (χ0) is 13.7. The summed E-state index contributed by atoms with van der Waals surface area (Å²) in [5.74, 6) is -4.61. The van der Waals surface area contributed by atoms with Crippen molar-refractivity contribution in [2.75, 3.05) is 19.6 Å². The average molecular weight is 282 g/mol. The van der Waals surface area contributed by atoms with Gasteiger partial charge < -0.3 is 10.1 Å². The van der Waals surface area contributed by atoms with Crippen molar-refractivity contribution in [1.29, 1.82) is 0 Å². The molecule has 1 atom stereocenters. The fourth-order valence-electron chi connectivity index (χ4n) is 1.34. The normalized spacial score (nSPS) is 12.3. The Bertz CT molecular complexity index is 419. The van der Waals surface area contributed by atoms with Crippen molar-refractivity contribution in [3.05, 3.63) is 35.1 Å². The maximum atomic E-state index is 13.3. The Morgan fingerprint density at radius 3 is 2.39 bits per heavy atom. The van der Waals surface area contributed by atoms with Gasteiger partial charge in [-0.15, -0.1) is 11.6 Å². The fraction of sp³-hybridized carbons (Fsp3) is 0.364. The topological polar surface area (TPSA) is 38.3 Å². The Labute approximate surface area is 107 Å². The van der Waals surface area contributed by atoms with Crippen LogP contribution in [0.25, 0.3) is 0 Å². The summed E-state index contributed by atoms with van der Waals surface area (Å²) in [4.78, 5) is 11.6. The third-order valence-corrected chi connectivity index (χ3v) is 2.50. The van der Waals surface area contributed by atoms with Crippen molar-refractivity contribution < 1.29 is 22.7 Å². The molecular weight excluding hydrogens is 271 g/mol. The minimum Gasteiger partial charge on any atom is -0.383 e. The SMILES string of the molecule is COCC(CCl)NC(=O)c1c(F)cc(F)cc1F. The molecule has 1 rings (SSSR count). The standard InChI is InChI=1S/C11H11ClF3NO2/c1-18-5-7(4-12)16-11(17)10-8(14)2-6(13)3-9(10)15/h2-3,7H,4-5H2,1H3,(H,16,17). The predicted octanol–water partition coefficient (Wildman–Crippen LogP) is 2.09. The third kappa shape index (κ3) is 3.61. The molecule has 7 heteroatoms. The van der Waals surface area contributed by atoms with Crippen molar-refractivity contribution in [3.8, 4) is 0 Å². The van der Waals surface area contributed by atoms with Gasteiger partial charge in [0.05, 0.1) is 12.6 Å². The van der Waals surface area contributed by atoms with Crippen LogP contribution < -0.4 is 5.32 Å². The number of methoxy groups -OCH3 is 1. The highest BCUT2D eigenvalue weighted by molar-refractivity contribution is 6.18. The lowest BCUT2D eigenvalue weighted by atomic mass is 10.1. The number of rotatable bonds is 5. The molecule has 100 valence electrons. The Kier molecular flexibility index (Phi) is 5.43. The van der Waals surface area contributed by atoms with Gasteiger partial charge in [0, 0.05) is 25.1 Å². The molecule has 0 spiro atoms. The first kappa shape index (κ1) is 14.8. The summed E-state index contributed by atoms with van der Waals surface area (Å²) in [7, 11) is 1.39. The van der Waals surface area contributed by atoms with Crippen LogP contribution in [0.3, 0.4) is 0 Å². The van der Waals surface area contributed by atoms with E-state index in [0.29, 0.717) is 12.1 Å². The first-order valence-corrected chi connectivity index (χ1v) is 5.53. The van der Waals surface area contributed by atoms with Gasteiger partial charge in [0.2, 0.25) is 0 Å². The number of carbonyl (C=O) groups is 1. The molecule has 0 heterocycles. The zero-order valence-corrected chi connectivity index (χ0v) is 10.2. The molecule has 1 N–H and O–H groups in total. The van der Waals surface area contributed by atoms with Gasteiger partial charge in [-0.3, -0.25) is 4.79 Å². The van der Waals surface area contributed by atoms with E-state index in [1.807, 2.05) is 0 Å². The van der Waals surface area contributed by atoms with E-state index in [1.165, 1.54) is 7.11 Å². The van der Waals surface area contributed by atoms with E-state index in [2.05, 4.69) is 5.32 Å². The number of hydrogen-bond donors (Lipinski definition) is 1. The van der Waals surface area contributed by atoms with Crippen molar-refractivity contribution in [2.45, 2.75) is 6.04 Å². The Morgan fingerprint density at radius 2 is 1.94 bits per heavy atom. The van der Waals surface area contributed by atoms with Gasteiger partial charge in [-0.2, -0.15) is 0 Å². The van der Waals surface area contributed by atoms with Crippen molar-refractivity contribution in [1.82, 2.24) is 5.32 Å². The molecule has 0 aromatic heterocycles. The maximum absolute atomic E-state index is 13.3. The average Bonchev–Trinajstić information content (AvgIpc) is 2.26. The number of nitrogens with one attached hydrogen (secondary N) is 1. The summed E-state index contributed by atoms with van der Waals surface area (Å²) in [6.07, 6.45) is 0. The monoisotopic (exact) mass is 281 g/mol.